The van der Waals surface area contributed by atoms with Crippen LogP contribution in [0, 0.1) is 0 Å². The Hall–Kier alpha value is -1.75. The van der Waals surface area contributed by atoms with Crippen LogP contribution in [0.3, 0.4) is 0 Å². The van der Waals surface area contributed by atoms with E-state index >= 15 is 0 Å². The molecule has 0 fully saturated rings. The number of nitrogens with zero attached hydrogens (tertiary/aromatic N) is 3. The molecule has 0 saturated heterocycles. The summed E-state index contributed by atoms with van der Waals surface area (Å²) in [5.41, 5.74) is 1.97. The van der Waals surface area contributed by atoms with Gasteiger partial charge in [-0.3, -0.25) is 4.68 Å². The molecule has 0 aliphatic carbocycles. The van der Waals surface area contributed by atoms with Gasteiger partial charge in [-0.25, -0.2) is 0 Å². The highest BCUT2D eigenvalue weighted by Gasteiger charge is 2.16. The van der Waals surface area contributed by atoms with Crippen LogP contribution in [0.1, 0.15) is 31.0 Å². The lowest BCUT2D eigenvalue weighted by Crippen LogP contribution is -2.02. The van der Waals surface area contributed by atoms with Gasteiger partial charge in [-0.2, -0.15) is 0 Å². The van der Waals surface area contributed by atoms with Crippen molar-refractivity contribution in [2.24, 2.45) is 0 Å². The van der Waals surface area contributed by atoms with E-state index in [0.29, 0.717) is 16.5 Å². The number of ether oxygens (including phenoxy) is 2. The summed E-state index contributed by atoms with van der Waals surface area (Å²) in [5.74, 6) is 1.52. The van der Waals surface area contributed by atoms with Crippen LogP contribution in [-0.4, -0.2) is 29.2 Å². The highest BCUT2D eigenvalue weighted by Crippen LogP contribution is 2.37. The Labute approximate surface area is 129 Å². The lowest BCUT2D eigenvalue weighted by molar-refractivity contribution is 0.354. The fourth-order valence-corrected chi connectivity index (χ4v) is 2.60. The van der Waals surface area contributed by atoms with E-state index in [1.807, 2.05) is 23.9 Å². The van der Waals surface area contributed by atoms with E-state index in [1.54, 1.807) is 20.3 Å². The molecule has 0 amide bonds. The summed E-state index contributed by atoms with van der Waals surface area (Å²) in [6.07, 6.45) is 2.74. The second-order valence-corrected chi connectivity index (χ2v) is 5.31. The standard InChI is InChI=1S/C15H20ClN3O2/c1-5-19-9-11(17-18-19)6-10(2)12-7-14(20-3)15(21-4)8-13(12)16/h7-10H,5-6H2,1-4H3. The van der Waals surface area contributed by atoms with Crippen LogP contribution in [0.25, 0.3) is 0 Å². The van der Waals surface area contributed by atoms with Crippen LogP contribution >= 0.6 is 11.6 Å². The summed E-state index contributed by atoms with van der Waals surface area (Å²) in [4.78, 5) is 0. The minimum absolute atomic E-state index is 0.208. The molecule has 1 unspecified atom stereocenters. The zero-order valence-corrected chi connectivity index (χ0v) is 13.5. The third-order valence-corrected chi connectivity index (χ3v) is 3.79. The second kappa shape index (κ2) is 6.80. The molecule has 1 atom stereocenters. The molecule has 0 aliphatic heterocycles. The van der Waals surface area contributed by atoms with Crippen molar-refractivity contribution in [3.63, 3.8) is 0 Å². The van der Waals surface area contributed by atoms with Gasteiger partial charge < -0.3 is 9.47 Å². The Morgan fingerprint density at radius 2 is 1.90 bits per heavy atom. The van der Waals surface area contributed by atoms with E-state index in [-0.39, 0.29) is 5.92 Å². The number of methoxy groups -OCH3 is 2. The predicted octanol–water partition coefficient (Wildman–Crippen LogP) is 3.31. The van der Waals surface area contributed by atoms with E-state index < -0.39 is 0 Å². The summed E-state index contributed by atoms with van der Waals surface area (Å²) in [6, 6.07) is 3.71. The van der Waals surface area contributed by atoms with Crippen molar-refractivity contribution in [3.8, 4) is 11.5 Å². The van der Waals surface area contributed by atoms with Crippen molar-refractivity contribution in [1.29, 1.82) is 0 Å². The highest BCUT2D eigenvalue weighted by molar-refractivity contribution is 6.31. The first kappa shape index (κ1) is 15.6. The number of benzene rings is 1. The summed E-state index contributed by atoms with van der Waals surface area (Å²) in [5, 5.41) is 8.90. The molecular weight excluding hydrogens is 290 g/mol. The second-order valence-electron chi connectivity index (χ2n) is 4.90. The first-order chi connectivity index (χ1) is 10.1. The van der Waals surface area contributed by atoms with Crippen LogP contribution < -0.4 is 9.47 Å². The van der Waals surface area contributed by atoms with Gasteiger partial charge in [0.25, 0.3) is 0 Å². The molecule has 1 heterocycles. The van der Waals surface area contributed by atoms with Crippen LogP contribution in [-0.2, 0) is 13.0 Å². The summed E-state index contributed by atoms with van der Waals surface area (Å²) in [7, 11) is 3.22. The van der Waals surface area contributed by atoms with Crippen LogP contribution in [0.15, 0.2) is 18.3 Å². The van der Waals surface area contributed by atoms with Gasteiger partial charge in [0, 0.05) is 23.8 Å². The fourth-order valence-electron chi connectivity index (χ4n) is 2.26. The highest BCUT2D eigenvalue weighted by atomic mass is 35.5. The number of aryl methyl sites for hydroxylation is 1. The Balaban J connectivity index is 2.23. The van der Waals surface area contributed by atoms with Crippen molar-refractivity contribution in [2.75, 3.05) is 14.2 Å². The molecule has 0 saturated carbocycles. The summed E-state index contributed by atoms with van der Waals surface area (Å²) in [6.45, 7) is 4.96. The van der Waals surface area contributed by atoms with Gasteiger partial charge in [-0.15, -0.1) is 5.10 Å². The monoisotopic (exact) mass is 309 g/mol. The molecule has 0 bridgehead atoms. The maximum atomic E-state index is 6.35. The first-order valence-corrected chi connectivity index (χ1v) is 7.27. The molecule has 1 aromatic heterocycles. The van der Waals surface area contributed by atoms with E-state index in [9.17, 15) is 0 Å². The van der Waals surface area contributed by atoms with E-state index in [4.69, 9.17) is 21.1 Å². The molecule has 21 heavy (non-hydrogen) atoms. The van der Waals surface area contributed by atoms with Crippen molar-refractivity contribution in [2.45, 2.75) is 32.7 Å². The van der Waals surface area contributed by atoms with Crippen molar-refractivity contribution >= 4 is 11.6 Å². The third kappa shape index (κ3) is 3.47. The molecule has 0 aliphatic rings. The van der Waals surface area contributed by atoms with E-state index in [1.165, 1.54) is 0 Å². The molecule has 2 rings (SSSR count). The Kier molecular flexibility index (Phi) is 5.07. The molecule has 5 nitrogen and oxygen atoms in total. The molecule has 0 spiro atoms. The maximum absolute atomic E-state index is 6.35. The van der Waals surface area contributed by atoms with E-state index in [2.05, 4.69) is 17.2 Å². The lowest BCUT2D eigenvalue weighted by atomic mass is 9.96. The molecule has 0 N–H and O–H groups in total. The molecule has 2 aromatic rings. The Bertz CT molecular complexity index is 613. The molecule has 114 valence electrons. The number of aromatic nitrogens is 3. The largest absolute Gasteiger partial charge is 0.493 e. The van der Waals surface area contributed by atoms with Crippen LogP contribution in [0.5, 0.6) is 11.5 Å². The summed E-state index contributed by atoms with van der Waals surface area (Å²) >= 11 is 6.35. The van der Waals surface area contributed by atoms with Gasteiger partial charge >= 0.3 is 0 Å². The van der Waals surface area contributed by atoms with Gasteiger partial charge in [0.1, 0.15) is 0 Å². The zero-order valence-electron chi connectivity index (χ0n) is 12.8. The maximum Gasteiger partial charge on any atom is 0.162 e. The van der Waals surface area contributed by atoms with Gasteiger partial charge in [-0.05, 0) is 30.9 Å². The minimum atomic E-state index is 0.208. The predicted molar refractivity (Wildman–Crippen MR) is 82.4 cm³/mol. The molecule has 1 aromatic carbocycles. The van der Waals surface area contributed by atoms with Crippen molar-refractivity contribution < 1.29 is 9.47 Å². The van der Waals surface area contributed by atoms with Gasteiger partial charge in [0.2, 0.25) is 0 Å². The van der Waals surface area contributed by atoms with Gasteiger partial charge in [0.05, 0.1) is 19.9 Å². The van der Waals surface area contributed by atoms with Gasteiger partial charge in [-0.1, -0.05) is 23.7 Å². The molecule has 0 radical (unpaired) electrons. The average molecular weight is 310 g/mol. The SMILES string of the molecule is CCn1cc(CC(C)c2cc(OC)c(OC)cc2Cl)nn1. The Morgan fingerprint density at radius 3 is 2.48 bits per heavy atom. The third-order valence-electron chi connectivity index (χ3n) is 3.46. The summed E-state index contributed by atoms with van der Waals surface area (Å²) < 4.78 is 12.4. The molecule has 6 heteroatoms. The van der Waals surface area contributed by atoms with Gasteiger partial charge in [0.15, 0.2) is 11.5 Å². The van der Waals surface area contributed by atoms with Crippen molar-refractivity contribution in [1.82, 2.24) is 15.0 Å². The quantitative estimate of drug-likeness (QED) is 0.821. The topological polar surface area (TPSA) is 49.2 Å². The fraction of sp³-hybridized carbons (Fsp3) is 0.467. The molecular formula is C15H20ClN3O2. The van der Waals surface area contributed by atoms with Crippen LogP contribution in [0.4, 0.5) is 0 Å². The number of rotatable bonds is 6. The smallest absolute Gasteiger partial charge is 0.162 e. The lowest BCUT2D eigenvalue weighted by Gasteiger charge is -2.16. The first-order valence-electron chi connectivity index (χ1n) is 6.89. The number of hydrogen-bond donors (Lipinski definition) is 0. The number of hydrogen-bond acceptors (Lipinski definition) is 4. The zero-order chi connectivity index (χ0) is 15.4. The van der Waals surface area contributed by atoms with Crippen molar-refractivity contribution in [3.05, 3.63) is 34.6 Å². The van der Waals surface area contributed by atoms with Crippen LogP contribution in [0.2, 0.25) is 5.02 Å². The minimum Gasteiger partial charge on any atom is -0.493 e. The normalized spacial score (nSPS) is 12.2. The average Bonchev–Trinajstić information content (AvgIpc) is 2.94. The van der Waals surface area contributed by atoms with E-state index in [0.717, 1.165) is 24.2 Å². The number of halogens is 1. The Morgan fingerprint density at radius 1 is 1.24 bits per heavy atom.